The van der Waals surface area contributed by atoms with E-state index in [2.05, 4.69) is 25.5 Å². The van der Waals surface area contributed by atoms with E-state index in [1.807, 2.05) is 54.6 Å². The topological polar surface area (TPSA) is 62.5 Å². The molecule has 0 fully saturated rings. The van der Waals surface area contributed by atoms with Crippen LogP contribution in [-0.4, -0.2) is 9.97 Å². The molecule has 1 N–H and O–H groups in total. The highest BCUT2D eigenvalue weighted by Gasteiger charge is 1.97. The van der Waals surface area contributed by atoms with Crippen molar-refractivity contribution in [1.29, 1.82) is 0 Å². The van der Waals surface area contributed by atoms with E-state index in [0.29, 0.717) is 5.82 Å². The first-order valence-corrected chi connectivity index (χ1v) is 6.51. The average Bonchev–Trinajstić information content (AvgIpc) is 2.55. The van der Waals surface area contributed by atoms with Crippen molar-refractivity contribution < 1.29 is 0 Å². The minimum atomic E-state index is 0.584. The Morgan fingerprint density at radius 1 is 0.762 bits per heavy atom. The predicted molar refractivity (Wildman–Crippen MR) is 82.4 cm³/mol. The number of nitrogens with one attached hydrogen (secondary N) is 1. The number of nitrogens with zero attached hydrogens (tertiary/aromatic N) is 4. The molecule has 0 bridgehead atoms. The van der Waals surface area contributed by atoms with Crippen LogP contribution in [0.2, 0.25) is 0 Å². The Kier molecular flexibility index (Phi) is 3.93. The maximum Gasteiger partial charge on any atom is 0.174 e. The van der Waals surface area contributed by atoms with E-state index in [9.17, 15) is 0 Å². The maximum absolute atomic E-state index is 4.22. The number of pyridine rings is 2. The molecule has 0 atom stereocenters. The van der Waals surface area contributed by atoms with Crippen LogP contribution >= 0.6 is 0 Å². The van der Waals surface area contributed by atoms with Gasteiger partial charge in [0, 0.05) is 18.1 Å². The molecule has 2 aromatic heterocycles. The largest absolute Gasteiger partial charge is 0.340 e. The lowest BCUT2D eigenvalue weighted by molar-refractivity contribution is 1.15. The molecule has 1 aromatic carbocycles. The lowest BCUT2D eigenvalue weighted by Crippen LogP contribution is -1.91. The third-order valence-electron chi connectivity index (χ3n) is 2.70. The third-order valence-corrected chi connectivity index (χ3v) is 2.70. The van der Waals surface area contributed by atoms with Crippen LogP contribution in [0.3, 0.4) is 0 Å². The molecule has 3 rings (SSSR count). The SMILES string of the molecule is c1ccc(N=Nc2cccc(Nc3ccccn3)c2)nc1. The van der Waals surface area contributed by atoms with E-state index in [1.165, 1.54) is 0 Å². The van der Waals surface area contributed by atoms with E-state index >= 15 is 0 Å². The first kappa shape index (κ1) is 12.9. The zero-order chi connectivity index (χ0) is 14.3. The zero-order valence-electron chi connectivity index (χ0n) is 11.2. The molecule has 0 amide bonds. The molecular formula is C16H13N5. The van der Waals surface area contributed by atoms with Gasteiger partial charge in [-0.15, -0.1) is 10.2 Å². The van der Waals surface area contributed by atoms with Crippen LogP contribution in [0.5, 0.6) is 0 Å². The van der Waals surface area contributed by atoms with E-state index in [4.69, 9.17) is 0 Å². The van der Waals surface area contributed by atoms with Gasteiger partial charge in [-0.2, -0.15) is 0 Å². The number of azo groups is 1. The van der Waals surface area contributed by atoms with Gasteiger partial charge in [0.2, 0.25) is 0 Å². The Bertz CT molecular complexity index is 726. The average molecular weight is 275 g/mol. The summed E-state index contributed by atoms with van der Waals surface area (Å²) < 4.78 is 0. The Morgan fingerprint density at radius 3 is 2.38 bits per heavy atom. The van der Waals surface area contributed by atoms with Crippen LogP contribution in [-0.2, 0) is 0 Å². The van der Waals surface area contributed by atoms with Gasteiger partial charge < -0.3 is 5.32 Å². The molecule has 3 aromatic rings. The summed E-state index contributed by atoms with van der Waals surface area (Å²) in [6.45, 7) is 0. The number of anilines is 2. The highest BCUT2D eigenvalue weighted by atomic mass is 15.1. The Morgan fingerprint density at radius 2 is 1.62 bits per heavy atom. The molecule has 0 aliphatic carbocycles. The highest BCUT2D eigenvalue weighted by molar-refractivity contribution is 5.60. The number of rotatable bonds is 4. The molecule has 0 saturated heterocycles. The Labute approximate surface area is 122 Å². The quantitative estimate of drug-likeness (QED) is 0.706. The first-order valence-electron chi connectivity index (χ1n) is 6.51. The van der Waals surface area contributed by atoms with Crippen LogP contribution in [0.25, 0.3) is 0 Å². The number of aromatic nitrogens is 2. The molecule has 21 heavy (non-hydrogen) atoms. The van der Waals surface area contributed by atoms with Crippen molar-refractivity contribution in [3.05, 3.63) is 73.1 Å². The molecule has 0 aliphatic rings. The van der Waals surface area contributed by atoms with Crippen molar-refractivity contribution >= 4 is 23.0 Å². The third kappa shape index (κ3) is 3.70. The molecule has 102 valence electrons. The second kappa shape index (κ2) is 6.38. The summed E-state index contributed by atoms with van der Waals surface area (Å²) in [6.07, 6.45) is 3.43. The zero-order valence-corrected chi connectivity index (χ0v) is 11.2. The summed E-state index contributed by atoms with van der Waals surface area (Å²) in [5, 5.41) is 11.5. The van der Waals surface area contributed by atoms with Crippen molar-refractivity contribution in [3.8, 4) is 0 Å². The van der Waals surface area contributed by atoms with Gasteiger partial charge in [-0.05, 0) is 42.5 Å². The molecular weight excluding hydrogens is 262 g/mol. The van der Waals surface area contributed by atoms with Crippen LogP contribution in [0, 0.1) is 0 Å². The standard InChI is InChI=1S/C16H13N5/c1-3-10-17-15(8-1)19-13-6-5-7-14(12-13)20-21-16-9-2-4-11-18-16/h1-12H,(H,17,19). The van der Waals surface area contributed by atoms with E-state index in [1.54, 1.807) is 18.5 Å². The lowest BCUT2D eigenvalue weighted by atomic mass is 10.3. The van der Waals surface area contributed by atoms with Gasteiger partial charge in [0.15, 0.2) is 5.82 Å². The summed E-state index contributed by atoms with van der Waals surface area (Å²) in [7, 11) is 0. The fourth-order valence-corrected chi connectivity index (χ4v) is 1.75. The summed E-state index contributed by atoms with van der Waals surface area (Å²) in [4.78, 5) is 8.32. The van der Waals surface area contributed by atoms with Crippen LogP contribution in [0.4, 0.5) is 23.0 Å². The summed E-state index contributed by atoms with van der Waals surface area (Å²) in [5.74, 6) is 1.37. The van der Waals surface area contributed by atoms with Gasteiger partial charge in [0.25, 0.3) is 0 Å². The number of hydrogen-bond donors (Lipinski definition) is 1. The van der Waals surface area contributed by atoms with Crippen molar-refractivity contribution in [2.45, 2.75) is 0 Å². The highest BCUT2D eigenvalue weighted by Crippen LogP contribution is 2.22. The normalized spacial score (nSPS) is 10.7. The van der Waals surface area contributed by atoms with Crippen molar-refractivity contribution in [2.75, 3.05) is 5.32 Å². The summed E-state index contributed by atoms with van der Waals surface area (Å²) >= 11 is 0. The van der Waals surface area contributed by atoms with Gasteiger partial charge in [0.1, 0.15) is 5.82 Å². The molecule has 0 spiro atoms. The van der Waals surface area contributed by atoms with E-state index in [0.717, 1.165) is 17.2 Å². The fourth-order valence-electron chi connectivity index (χ4n) is 1.75. The van der Waals surface area contributed by atoms with Gasteiger partial charge in [0.05, 0.1) is 5.69 Å². The molecule has 5 nitrogen and oxygen atoms in total. The molecule has 0 radical (unpaired) electrons. The first-order chi connectivity index (χ1) is 10.4. The smallest absolute Gasteiger partial charge is 0.174 e. The van der Waals surface area contributed by atoms with Crippen molar-refractivity contribution in [2.24, 2.45) is 10.2 Å². The van der Waals surface area contributed by atoms with E-state index < -0.39 is 0 Å². The number of hydrogen-bond acceptors (Lipinski definition) is 5. The minimum absolute atomic E-state index is 0.584. The minimum Gasteiger partial charge on any atom is -0.340 e. The lowest BCUT2D eigenvalue weighted by Gasteiger charge is -2.05. The molecule has 0 unspecified atom stereocenters. The second-order valence-corrected chi connectivity index (χ2v) is 4.28. The molecule has 5 heteroatoms. The van der Waals surface area contributed by atoms with Gasteiger partial charge in [-0.25, -0.2) is 9.97 Å². The second-order valence-electron chi connectivity index (χ2n) is 4.28. The van der Waals surface area contributed by atoms with Gasteiger partial charge in [-0.3, -0.25) is 0 Å². The van der Waals surface area contributed by atoms with Gasteiger partial charge in [-0.1, -0.05) is 18.2 Å². The fraction of sp³-hybridized carbons (Fsp3) is 0. The Balaban J connectivity index is 1.76. The monoisotopic (exact) mass is 275 g/mol. The summed E-state index contributed by atoms with van der Waals surface area (Å²) in [5.41, 5.74) is 1.66. The molecule has 0 aliphatic heterocycles. The predicted octanol–water partition coefficient (Wildman–Crippen LogP) is 4.64. The van der Waals surface area contributed by atoms with Crippen molar-refractivity contribution in [3.63, 3.8) is 0 Å². The number of benzene rings is 1. The van der Waals surface area contributed by atoms with Crippen LogP contribution in [0.1, 0.15) is 0 Å². The van der Waals surface area contributed by atoms with Crippen LogP contribution < -0.4 is 5.32 Å². The van der Waals surface area contributed by atoms with E-state index in [-0.39, 0.29) is 0 Å². The molecule has 0 saturated carbocycles. The maximum atomic E-state index is 4.22. The van der Waals surface area contributed by atoms with Crippen molar-refractivity contribution in [1.82, 2.24) is 9.97 Å². The summed E-state index contributed by atoms with van der Waals surface area (Å²) in [6, 6.07) is 18.9. The van der Waals surface area contributed by atoms with Crippen LogP contribution in [0.15, 0.2) is 83.3 Å². The Hall–Kier alpha value is -3.08. The molecule has 2 heterocycles. The van der Waals surface area contributed by atoms with Gasteiger partial charge >= 0.3 is 0 Å².